The molecule has 2 amide bonds. The normalized spacial score (nSPS) is 10.8. The van der Waals surface area contributed by atoms with E-state index in [9.17, 15) is 19.2 Å². The van der Waals surface area contributed by atoms with Crippen LogP contribution in [-0.2, 0) is 9.59 Å². The maximum atomic E-state index is 11.7. The summed E-state index contributed by atoms with van der Waals surface area (Å²) in [7, 11) is 0. The Bertz CT molecular complexity index is 916. The number of nitrogens with zero attached hydrogens (tertiary/aromatic N) is 2. The molecule has 160 valence electrons. The summed E-state index contributed by atoms with van der Waals surface area (Å²) in [5.74, 6) is -2.79. The molecule has 4 N–H and O–H groups in total. The molecular weight excluding hydrogens is 404 g/mol. The van der Waals surface area contributed by atoms with Gasteiger partial charge in [-0.05, 0) is 41.8 Å². The Kier molecular flexibility index (Phi) is 8.59. The second kappa shape index (κ2) is 11.6. The number of aromatic carboxylic acids is 2. The van der Waals surface area contributed by atoms with Gasteiger partial charge in [0.25, 0.3) is 0 Å². The molecule has 0 aliphatic heterocycles. The van der Waals surface area contributed by atoms with Gasteiger partial charge in [0.05, 0.1) is 23.6 Å². The van der Waals surface area contributed by atoms with Gasteiger partial charge in [0.15, 0.2) is 0 Å². The first-order chi connectivity index (χ1) is 14.8. The van der Waals surface area contributed by atoms with Crippen molar-refractivity contribution >= 4 is 36.2 Å². The van der Waals surface area contributed by atoms with Crippen LogP contribution in [0.4, 0.5) is 0 Å². The van der Waals surface area contributed by atoms with Crippen molar-refractivity contribution in [3.63, 3.8) is 0 Å². The first-order valence-electron chi connectivity index (χ1n) is 9.15. The van der Waals surface area contributed by atoms with E-state index in [0.29, 0.717) is 17.5 Å². The van der Waals surface area contributed by atoms with Crippen molar-refractivity contribution < 1.29 is 29.4 Å². The molecule has 0 atom stereocenters. The van der Waals surface area contributed by atoms with Gasteiger partial charge < -0.3 is 10.2 Å². The summed E-state index contributed by atoms with van der Waals surface area (Å²) in [6, 6.07) is 12.0. The zero-order valence-corrected chi connectivity index (χ0v) is 16.3. The molecule has 10 heteroatoms. The van der Waals surface area contributed by atoms with Gasteiger partial charge in [0.2, 0.25) is 11.8 Å². The standard InChI is InChI=1S/C21H20N4O6/c26-18(24-22-12-14-4-8-16(9-5-14)20(28)29)2-1-3-19(27)25-23-13-15-6-10-17(11-7-15)21(30)31/h4-13H,1-3H2,(H,24,26)(H,25,27)(H,28,29)(H,30,31)/b22-12-,23-13+. The van der Waals surface area contributed by atoms with Crippen molar-refractivity contribution in [3.8, 4) is 0 Å². The van der Waals surface area contributed by atoms with E-state index in [-0.39, 0.29) is 35.8 Å². The summed E-state index contributed by atoms with van der Waals surface area (Å²) in [6.45, 7) is 0. The molecule has 31 heavy (non-hydrogen) atoms. The molecule has 0 bridgehead atoms. The number of carbonyl (C=O) groups is 4. The molecule has 0 radical (unpaired) electrons. The van der Waals surface area contributed by atoms with Crippen molar-refractivity contribution in [1.29, 1.82) is 0 Å². The first kappa shape index (κ1) is 22.9. The van der Waals surface area contributed by atoms with Gasteiger partial charge in [-0.25, -0.2) is 20.4 Å². The maximum Gasteiger partial charge on any atom is 0.335 e. The lowest BCUT2D eigenvalue weighted by molar-refractivity contribution is -0.122. The topological polar surface area (TPSA) is 158 Å². The van der Waals surface area contributed by atoms with Crippen molar-refractivity contribution in [3.05, 3.63) is 70.8 Å². The van der Waals surface area contributed by atoms with Gasteiger partial charge in [-0.2, -0.15) is 10.2 Å². The van der Waals surface area contributed by atoms with E-state index in [1.165, 1.54) is 36.7 Å². The molecule has 0 saturated carbocycles. The highest BCUT2D eigenvalue weighted by Gasteiger charge is 2.05. The lowest BCUT2D eigenvalue weighted by atomic mass is 10.1. The first-order valence-corrected chi connectivity index (χ1v) is 9.15. The molecule has 2 aromatic rings. The average molecular weight is 424 g/mol. The number of carboxylic acids is 2. The number of nitrogens with one attached hydrogen (secondary N) is 2. The lowest BCUT2D eigenvalue weighted by Crippen LogP contribution is -2.20. The highest BCUT2D eigenvalue weighted by Crippen LogP contribution is 2.03. The van der Waals surface area contributed by atoms with Gasteiger partial charge in [-0.3, -0.25) is 9.59 Å². The number of carbonyl (C=O) groups excluding carboxylic acids is 2. The Labute approximate surface area is 177 Å². The summed E-state index contributed by atoms with van der Waals surface area (Å²) in [5.41, 5.74) is 6.22. The van der Waals surface area contributed by atoms with Crippen LogP contribution >= 0.6 is 0 Å². The Morgan fingerprint density at radius 1 is 0.677 bits per heavy atom. The third kappa shape index (κ3) is 8.28. The smallest absolute Gasteiger partial charge is 0.335 e. The molecule has 2 rings (SSSR count). The van der Waals surface area contributed by atoms with Crippen LogP contribution in [0, 0.1) is 0 Å². The van der Waals surface area contributed by atoms with Crippen LogP contribution in [0.2, 0.25) is 0 Å². The van der Waals surface area contributed by atoms with E-state index >= 15 is 0 Å². The zero-order chi connectivity index (χ0) is 22.6. The molecule has 0 saturated heterocycles. The van der Waals surface area contributed by atoms with Crippen LogP contribution < -0.4 is 10.9 Å². The summed E-state index contributed by atoms with van der Waals surface area (Å²) in [5, 5.41) is 25.2. The number of benzene rings is 2. The molecule has 0 aliphatic rings. The second-order valence-electron chi connectivity index (χ2n) is 6.29. The minimum atomic E-state index is -1.03. The summed E-state index contributed by atoms with van der Waals surface area (Å²) in [4.78, 5) is 45.0. The van der Waals surface area contributed by atoms with Gasteiger partial charge in [0, 0.05) is 12.8 Å². The fraction of sp³-hybridized carbons (Fsp3) is 0.143. The predicted molar refractivity (Wildman–Crippen MR) is 112 cm³/mol. The molecule has 0 unspecified atom stereocenters. The summed E-state index contributed by atoms with van der Waals surface area (Å²) in [6.07, 6.45) is 3.23. The minimum absolute atomic E-state index is 0.0864. The highest BCUT2D eigenvalue weighted by molar-refractivity contribution is 5.90. The molecular formula is C21H20N4O6. The summed E-state index contributed by atoms with van der Waals surface area (Å²) >= 11 is 0. The number of hydrogen-bond donors (Lipinski definition) is 4. The molecule has 0 fully saturated rings. The van der Waals surface area contributed by atoms with E-state index in [1.807, 2.05) is 0 Å². The molecule has 0 aromatic heterocycles. The molecule has 0 heterocycles. The number of rotatable bonds is 10. The minimum Gasteiger partial charge on any atom is -0.478 e. The SMILES string of the molecule is O=C(CCCC(=O)N/N=C/c1ccc(C(=O)O)cc1)N/N=C\c1ccc(C(=O)O)cc1. The van der Waals surface area contributed by atoms with Crippen LogP contribution in [0.1, 0.15) is 51.1 Å². The second-order valence-corrected chi connectivity index (χ2v) is 6.29. The van der Waals surface area contributed by atoms with Crippen molar-refractivity contribution in [2.24, 2.45) is 10.2 Å². The van der Waals surface area contributed by atoms with Crippen molar-refractivity contribution in [1.82, 2.24) is 10.9 Å². The summed E-state index contributed by atoms with van der Waals surface area (Å²) < 4.78 is 0. The van der Waals surface area contributed by atoms with E-state index < -0.39 is 11.9 Å². The third-order valence-electron chi connectivity index (χ3n) is 3.93. The third-order valence-corrected chi connectivity index (χ3v) is 3.93. The number of carboxylic acid groups (broad SMARTS) is 2. The fourth-order valence-electron chi connectivity index (χ4n) is 2.30. The van der Waals surface area contributed by atoms with E-state index in [4.69, 9.17) is 10.2 Å². The molecule has 0 aliphatic carbocycles. The monoisotopic (exact) mass is 424 g/mol. The Morgan fingerprint density at radius 2 is 1.03 bits per heavy atom. The zero-order valence-electron chi connectivity index (χ0n) is 16.3. The molecule has 0 spiro atoms. The molecule has 10 nitrogen and oxygen atoms in total. The number of hydrazone groups is 2. The van der Waals surface area contributed by atoms with Crippen molar-refractivity contribution in [2.75, 3.05) is 0 Å². The largest absolute Gasteiger partial charge is 0.478 e. The molecule has 2 aromatic carbocycles. The Balaban J connectivity index is 1.65. The number of hydrogen-bond acceptors (Lipinski definition) is 6. The van der Waals surface area contributed by atoms with Gasteiger partial charge in [-0.15, -0.1) is 0 Å². The van der Waals surface area contributed by atoms with Crippen LogP contribution in [0.25, 0.3) is 0 Å². The van der Waals surface area contributed by atoms with Gasteiger partial charge >= 0.3 is 11.9 Å². The van der Waals surface area contributed by atoms with Gasteiger partial charge in [0.1, 0.15) is 0 Å². The highest BCUT2D eigenvalue weighted by atomic mass is 16.4. The van der Waals surface area contributed by atoms with Crippen LogP contribution in [0.15, 0.2) is 58.7 Å². The van der Waals surface area contributed by atoms with Crippen molar-refractivity contribution in [2.45, 2.75) is 19.3 Å². The quantitative estimate of drug-likeness (QED) is 0.337. The predicted octanol–water partition coefficient (Wildman–Crippen LogP) is 1.85. The van der Waals surface area contributed by atoms with Crippen LogP contribution in [-0.4, -0.2) is 46.4 Å². The van der Waals surface area contributed by atoms with Gasteiger partial charge in [-0.1, -0.05) is 24.3 Å². The average Bonchev–Trinajstić information content (AvgIpc) is 2.74. The Morgan fingerprint density at radius 3 is 1.35 bits per heavy atom. The van der Waals surface area contributed by atoms with E-state index in [1.54, 1.807) is 24.3 Å². The Hall–Kier alpha value is -4.34. The van der Waals surface area contributed by atoms with E-state index in [2.05, 4.69) is 21.1 Å². The maximum absolute atomic E-state index is 11.7. The number of amides is 2. The van der Waals surface area contributed by atoms with Crippen LogP contribution in [0.5, 0.6) is 0 Å². The lowest BCUT2D eigenvalue weighted by Gasteiger charge is -2.01. The van der Waals surface area contributed by atoms with E-state index in [0.717, 1.165) is 0 Å². The fourth-order valence-corrected chi connectivity index (χ4v) is 2.30. The van der Waals surface area contributed by atoms with Crippen LogP contribution in [0.3, 0.4) is 0 Å².